The van der Waals surface area contributed by atoms with E-state index in [1.54, 1.807) is 19.2 Å². The van der Waals surface area contributed by atoms with Crippen LogP contribution in [0.2, 0.25) is 0 Å². The van der Waals surface area contributed by atoms with Crippen molar-refractivity contribution in [3.05, 3.63) is 87.1 Å². The summed E-state index contributed by atoms with van der Waals surface area (Å²) in [5, 5.41) is 13.1. The van der Waals surface area contributed by atoms with Gasteiger partial charge in [0.15, 0.2) is 0 Å². The minimum atomic E-state index is -0.710. The van der Waals surface area contributed by atoms with Crippen LogP contribution < -0.4 is 9.47 Å². The molecule has 0 radical (unpaired) electrons. The molecular weight excluding hydrogens is 426 g/mol. The number of ketones is 1. The Bertz CT molecular complexity index is 1180. The number of likely N-dealkylation sites (tertiary alicyclic amines) is 1. The molecule has 3 aromatic rings. The summed E-state index contributed by atoms with van der Waals surface area (Å²) < 4.78 is 10.6. The van der Waals surface area contributed by atoms with Crippen LogP contribution in [0.25, 0.3) is 5.76 Å². The fraction of sp³-hybridized carbons (Fsp3) is 0.200. The van der Waals surface area contributed by atoms with E-state index in [-0.39, 0.29) is 17.9 Å². The van der Waals surface area contributed by atoms with Gasteiger partial charge in [-0.2, -0.15) is 0 Å². The van der Waals surface area contributed by atoms with Crippen LogP contribution in [0, 0.1) is 6.92 Å². The summed E-state index contributed by atoms with van der Waals surface area (Å²) in [7, 11) is 3.09. The van der Waals surface area contributed by atoms with Gasteiger partial charge in [0.25, 0.3) is 11.7 Å². The first-order valence-corrected chi connectivity index (χ1v) is 10.9. The zero-order valence-corrected chi connectivity index (χ0v) is 18.8. The molecule has 32 heavy (non-hydrogen) atoms. The molecule has 1 unspecified atom stereocenters. The van der Waals surface area contributed by atoms with Crippen molar-refractivity contribution >= 4 is 28.8 Å². The van der Waals surface area contributed by atoms with Gasteiger partial charge in [-0.3, -0.25) is 9.59 Å². The van der Waals surface area contributed by atoms with Gasteiger partial charge in [0.1, 0.15) is 17.3 Å². The van der Waals surface area contributed by atoms with Crippen molar-refractivity contribution in [3.8, 4) is 11.5 Å². The first-order chi connectivity index (χ1) is 15.4. The molecule has 1 aromatic heterocycles. The molecule has 1 fully saturated rings. The smallest absolute Gasteiger partial charge is 0.295 e. The molecule has 164 valence electrons. The Morgan fingerprint density at radius 1 is 1.06 bits per heavy atom. The van der Waals surface area contributed by atoms with E-state index in [1.807, 2.05) is 54.8 Å². The Labute approximate surface area is 190 Å². The third-order valence-electron chi connectivity index (χ3n) is 5.47. The molecule has 0 saturated carbocycles. The first kappa shape index (κ1) is 21.6. The number of thiophene rings is 1. The number of carbonyl (C=O) groups excluding carboxylic acids is 2. The molecule has 1 saturated heterocycles. The quantitative estimate of drug-likeness (QED) is 0.336. The van der Waals surface area contributed by atoms with Crippen molar-refractivity contribution in [1.29, 1.82) is 0 Å². The normalized spacial score (nSPS) is 17.6. The Kier molecular flexibility index (Phi) is 6.01. The van der Waals surface area contributed by atoms with E-state index in [0.29, 0.717) is 17.1 Å². The average Bonchev–Trinajstić information content (AvgIpc) is 3.42. The summed E-state index contributed by atoms with van der Waals surface area (Å²) >= 11 is 1.43. The van der Waals surface area contributed by atoms with Gasteiger partial charge in [-0.25, -0.2) is 0 Å². The molecular formula is C25H23NO5S. The van der Waals surface area contributed by atoms with E-state index in [0.717, 1.165) is 16.0 Å². The van der Waals surface area contributed by atoms with Crippen LogP contribution >= 0.6 is 11.3 Å². The number of hydrogen-bond acceptors (Lipinski definition) is 6. The zero-order valence-electron chi connectivity index (χ0n) is 18.0. The number of benzene rings is 2. The highest BCUT2D eigenvalue weighted by Gasteiger charge is 2.46. The van der Waals surface area contributed by atoms with Gasteiger partial charge in [0.2, 0.25) is 0 Å². The van der Waals surface area contributed by atoms with Crippen molar-refractivity contribution in [3.63, 3.8) is 0 Å². The summed E-state index contributed by atoms with van der Waals surface area (Å²) in [5.74, 6) is -0.457. The van der Waals surface area contributed by atoms with Crippen molar-refractivity contribution in [2.24, 2.45) is 0 Å². The molecule has 7 heteroatoms. The maximum Gasteiger partial charge on any atom is 0.295 e. The second-order valence-electron chi connectivity index (χ2n) is 7.49. The lowest BCUT2D eigenvalue weighted by atomic mass is 9.98. The number of aliphatic hydroxyl groups is 1. The molecule has 1 atom stereocenters. The maximum atomic E-state index is 13.1. The molecule has 2 aromatic carbocycles. The highest BCUT2D eigenvalue weighted by molar-refractivity contribution is 7.10. The fourth-order valence-electron chi connectivity index (χ4n) is 3.87. The van der Waals surface area contributed by atoms with Crippen molar-refractivity contribution in [2.75, 3.05) is 14.2 Å². The molecule has 2 heterocycles. The minimum absolute atomic E-state index is 0.0647. The van der Waals surface area contributed by atoms with E-state index < -0.39 is 17.7 Å². The van der Waals surface area contributed by atoms with Gasteiger partial charge in [-0.1, -0.05) is 29.8 Å². The van der Waals surface area contributed by atoms with Crippen molar-refractivity contribution in [2.45, 2.75) is 19.5 Å². The predicted octanol–water partition coefficient (Wildman–Crippen LogP) is 4.70. The third kappa shape index (κ3) is 3.87. The van der Waals surface area contributed by atoms with Crippen molar-refractivity contribution < 1.29 is 24.2 Å². The molecule has 0 aliphatic carbocycles. The number of carbonyl (C=O) groups is 2. The van der Waals surface area contributed by atoms with Crippen LogP contribution in [0.4, 0.5) is 0 Å². The molecule has 1 N–H and O–H groups in total. The fourth-order valence-corrected chi connectivity index (χ4v) is 4.71. The molecule has 0 bridgehead atoms. The standard InChI is InChI=1S/C25H23NO5S/c1-15-6-11-19(31-3)18(13-15)23(27)21-22(20-5-4-12-32-20)26(25(29)24(21)28)14-16-7-9-17(30-2)10-8-16/h4-13,22,27H,14H2,1-3H3/b23-21-. The number of rotatable bonds is 6. The maximum absolute atomic E-state index is 13.1. The number of ether oxygens (including phenoxy) is 2. The summed E-state index contributed by atoms with van der Waals surface area (Å²) in [5.41, 5.74) is 2.20. The van der Waals surface area contributed by atoms with Crippen LogP contribution in [-0.4, -0.2) is 35.9 Å². The third-order valence-corrected chi connectivity index (χ3v) is 6.40. The lowest BCUT2D eigenvalue weighted by Gasteiger charge is -2.24. The monoisotopic (exact) mass is 449 g/mol. The van der Waals surface area contributed by atoms with E-state index in [4.69, 9.17) is 9.47 Å². The SMILES string of the molecule is COc1ccc(CN2C(=O)C(=O)/C(=C(\O)c3cc(C)ccc3OC)C2c2cccs2)cc1. The number of amides is 1. The van der Waals surface area contributed by atoms with Gasteiger partial charge in [-0.15, -0.1) is 11.3 Å². The zero-order chi connectivity index (χ0) is 22.8. The average molecular weight is 450 g/mol. The highest BCUT2D eigenvalue weighted by atomic mass is 32.1. The molecule has 6 nitrogen and oxygen atoms in total. The summed E-state index contributed by atoms with van der Waals surface area (Å²) in [6.45, 7) is 2.11. The van der Waals surface area contributed by atoms with E-state index in [1.165, 1.54) is 23.3 Å². The summed E-state index contributed by atoms with van der Waals surface area (Å²) in [6.07, 6.45) is 0. The largest absolute Gasteiger partial charge is 0.507 e. The van der Waals surface area contributed by atoms with Gasteiger partial charge >= 0.3 is 0 Å². The highest BCUT2D eigenvalue weighted by Crippen LogP contribution is 2.43. The number of nitrogens with zero attached hydrogens (tertiary/aromatic N) is 1. The molecule has 1 aliphatic heterocycles. The Morgan fingerprint density at radius 3 is 2.44 bits per heavy atom. The van der Waals surface area contributed by atoms with Crippen molar-refractivity contribution in [1.82, 2.24) is 4.90 Å². The van der Waals surface area contributed by atoms with Gasteiger partial charge < -0.3 is 19.5 Å². The number of aryl methyl sites for hydroxylation is 1. The lowest BCUT2D eigenvalue weighted by molar-refractivity contribution is -0.140. The molecule has 0 spiro atoms. The van der Waals surface area contributed by atoms with Gasteiger partial charge in [-0.05, 0) is 48.2 Å². The van der Waals surface area contributed by atoms with Crippen LogP contribution in [-0.2, 0) is 16.1 Å². The van der Waals surface area contributed by atoms with Crippen LogP contribution in [0.15, 0.2) is 65.6 Å². The second-order valence-corrected chi connectivity index (χ2v) is 8.47. The van der Waals surface area contributed by atoms with Crippen LogP contribution in [0.5, 0.6) is 11.5 Å². The number of Topliss-reactive ketones (excluding diaryl/α,β-unsaturated/α-hetero) is 1. The van der Waals surface area contributed by atoms with E-state index >= 15 is 0 Å². The minimum Gasteiger partial charge on any atom is -0.507 e. The Morgan fingerprint density at radius 2 is 1.81 bits per heavy atom. The molecule has 1 amide bonds. The molecule has 1 aliphatic rings. The number of hydrogen-bond donors (Lipinski definition) is 1. The first-order valence-electron chi connectivity index (χ1n) is 10.0. The second kappa shape index (κ2) is 8.88. The Hall–Kier alpha value is -3.58. The number of methoxy groups -OCH3 is 2. The van der Waals surface area contributed by atoms with E-state index in [2.05, 4.69) is 0 Å². The topological polar surface area (TPSA) is 76.1 Å². The predicted molar refractivity (Wildman–Crippen MR) is 123 cm³/mol. The van der Waals surface area contributed by atoms with Crippen LogP contribution in [0.3, 0.4) is 0 Å². The van der Waals surface area contributed by atoms with E-state index in [9.17, 15) is 14.7 Å². The Balaban J connectivity index is 1.83. The summed E-state index contributed by atoms with van der Waals surface area (Å²) in [4.78, 5) is 28.5. The van der Waals surface area contributed by atoms with Gasteiger partial charge in [0, 0.05) is 11.4 Å². The number of aliphatic hydroxyl groups excluding tert-OH is 1. The lowest BCUT2D eigenvalue weighted by Crippen LogP contribution is -2.28. The molecule has 4 rings (SSSR count). The summed E-state index contributed by atoms with van der Waals surface area (Å²) in [6, 6.07) is 15.7. The van der Waals surface area contributed by atoms with Crippen LogP contribution in [0.1, 0.15) is 27.6 Å². The van der Waals surface area contributed by atoms with Gasteiger partial charge in [0.05, 0.1) is 31.4 Å².